The lowest BCUT2D eigenvalue weighted by Gasteiger charge is -2.09. The number of hydrogen-bond acceptors (Lipinski definition) is 5. The zero-order valence-electron chi connectivity index (χ0n) is 16.2. The molecule has 11 heteroatoms. The lowest BCUT2D eigenvalue weighted by atomic mass is 10.2. The number of pyridine rings is 1. The third-order valence-corrected chi connectivity index (χ3v) is 4.51. The lowest BCUT2D eigenvalue weighted by molar-refractivity contribution is 0.0836. The monoisotopic (exact) mass is 471 g/mol. The summed E-state index contributed by atoms with van der Waals surface area (Å²) in [6.07, 6.45) is 0. The fourth-order valence-corrected chi connectivity index (χ4v) is 2.64. The van der Waals surface area contributed by atoms with E-state index in [-0.39, 0.29) is 22.5 Å². The number of halogens is 2. The van der Waals surface area contributed by atoms with E-state index < -0.39 is 23.6 Å². The minimum Gasteiger partial charge on any atom is -0.267 e. The Balaban J connectivity index is 1.56. The second-order valence-corrected chi connectivity index (χ2v) is 7.11. The fourth-order valence-electron chi connectivity index (χ4n) is 2.39. The number of carbonyl (C=O) groups is 4. The summed E-state index contributed by atoms with van der Waals surface area (Å²) in [6.45, 7) is 0. The number of nitrogens with zero attached hydrogens (tertiary/aromatic N) is 1. The maximum atomic E-state index is 12.3. The highest BCUT2D eigenvalue weighted by atomic mass is 35.5. The maximum absolute atomic E-state index is 12.3. The number of nitrogens with one attached hydrogen (secondary N) is 4. The van der Waals surface area contributed by atoms with Gasteiger partial charge in [0, 0.05) is 21.2 Å². The molecule has 1 heterocycles. The molecule has 0 aliphatic heterocycles. The van der Waals surface area contributed by atoms with Crippen molar-refractivity contribution < 1.29 is 19.2 Å². The second kappa shape index (κ2) is 10.4. The van der Waals surface area contributed by atoms with Gasteiger partial charge in [0.1, 0.15) is 11.4 Å². The van der Waals surface area contributed by atoms with E-state index in [1.807, 2.05) is 0 Å². The van der Waals surface area contributed by atoms with Gasteiger partial charge in [0.25, 0.3) is 23.6 Å². The summed E-state index contributed by atoms with van der Waals surface area (Å²) in [6, 6.07) is 16.2. The quantitative estimate of drug-likeness (QED) is 0.434. The number of aromatic nitrogens is 1. The van der Waals surface area contributed by atoms with Crippen molar-refractivity contribution in [3.63, 3.8) is 0 Å². The third kappa shape index (κ3) is 6.03. The molecule has 0 saturated carbocycles. The summed E-state index contributed by atoms with van der Waals surface area (Å²) in [5.74, 6) is -2.61. The Hall–Kier alpha value is -3.95. The van der Waals surface area contributed by atoms with Crippen LogP contribution in [0, 0.1) is 0 Å². The summed E-state index contributed by atoms with van der Waals surface area (Å²) in [5.41, 5.74) is 9.21. The van der Waals surface area contributed by atoms with Gasteiger partial charge in [0.05, 0.1) is 0 Å². The van der Waals surface area contributed by atoms with E-state index in [0.717, 1.165) is 0 Å². The molecule has 0 fully saturated rings. The average molecular weight is 472 g/mol. The Labute approximate surface area is 192 Å². The zero-order valence-corrected chi connectivity index (χ0v) is 17.7. The first kappa shape index (κ1) is 22.7. The molecule has 0 unspecified atom stereocenters. The molecular formula is C21H15Cl2N5O4. The van der Waals surface area contributed by atoms with E-state index in [0.29, 0.717) is 10.0 Å². The van der Waals surface area contributed by atoms with Gasteiger partial charge in [-0.25, -0.2) is 4.98 Å². The molecule has 4 N–H and O–H groups in total. The van der Waals surface area contributed by atoms with Gasteiger partial charge in [0.2, 0.25) is 0 Å². The van der Waals surface area contributed by atoms with Crippen LogP contribution in [0.1, 0.15) is 41.7 Å². The maximum Gasteiger partial charge on any atom is 0.288 e. The topological polar surface area (TPSA) is 129 Å². The van der Waals surface area contributed by atoms with Crippen molar-refractivity contribution in [2.45, 2.75) is 0 Å². The molecule has 0 aliphatic carbocycles. The summed E-state index contributed by atoms with van der Waals surface area (Å²) < 4.78 is 0. The smallest absolute Gasteiger partial charge is 0.267 e. The van der Waals surface area contributed by atoms with Crippen molar-refractivity contribution in [2.75, 3.05) is 0 Å². The van der Waals surface area contributed by atoms with Gasteiger partial charge in [-0.05, 0) is 60.7 Å². The molecule has 162 valence electrons. The summed E-state index contributed by atoms with van der Waals surface area (Å²) >= 11 is 11.5. The van der Waals surface area contributed by atoms with Gasteiger partial charge in [-0.2, -0.15) is 0 Å². The predicted molar refractivity (Wildman–Crippen MR) is 117 cm³/mol. The SMILES string of the molecule is O=C(NNC(=O)c1cccc(C(=O)NNC(=O)c2ccc(Cl)cc2)n1)c1ccc(Cl)cc1. The standard InChI is InChI=1S/C21H15Cl2N5O4/c22-14-8-4-12(5-9-14)18(29)25-27-20(31)16-2-1-3-17(24-16)21(32)28-26-19(30)13-6-10-15(23)11-7-13/h1-11H,(H,25,29)(H,26,30)(H,27,31)(H,28,32). The Morgan fingerprint density at radius 1 is 0.531 bits per heavy atom. The molecule has 0 atom stereocenters. The molecule has 9 nitrogen and oxygen atoms in total. The molecule has 32 heavy (non-hydrogen) atoms. The van der Waals surface area contributed by atoms with Crippen molar-refractivity contribution in [1.82, 2.24) is 26.7 Å². The van der Waals surface area contributed by atoms with E-state index in [1.54, 1.807) is 0 Å². The van der Waals surface area contributed by atoms with Gasteiger partial charge in [0.15, 0.2) is 0 Å². The first-order valence-corrected chi connectivity index (χ1v) is 9.78. The normalized spacial score (nSPS) is 10.1. The summed E-state index contributed by atoms with van der Waals surface area (Å²) in [7, 11) is 0. The van der Waals surface area contributed by atoms with Crippen LogP contribution in [0.4, 0.5) is 0 Å². The van der Waals surface area contributed by atoms with E-state index in [2.05, 4.69) is 26.7 Å². The first-order chi connectivity index (χ1) is 15.3. The van der Waals surface area contributed by atoms with Crippen LogP contribution in [0.25, 0.3) is 0 Å². The van der Waals surface area contributed by atoms with Gasteiger partial charge in [-0.1, -0.05) is 29.3 Å². The van der Waals surface area contributed by atoms with Gasteiger partial charge in [-0.3, -0.25) is 40.9 Å². The molecule has 2 aromatic carbocycles. The van der Waals surface area contributed by atoms with Crippen molar-refractivity contribution in [3.05, 3.63) is 99.3 Å². The highest BCUT2D eigenvalue weighted by Gasteiger charge is 2.15. The van der Waals surface area contributed by atoms with Gasteiger partial charge in [-0.15, -0.1) is 0 Å². The number of benzene rings is 2. The van der Waals surface area contributed by atoms with Gasteiger partial charge >= 0.3 is 0 Å². The van der Waals surface area contributed by atoms with Crippen LogP contribution < -0.4 is 21.7 Å². The number of carbonyl (C=O) groups excluding carboxylic acids is 4. The first-order valence-electron chi connectivity index (χ1n) is 9.03. The van der Waals surface area contributed by atoms with Crippen molar-refractivity contribution in [3.8, 4) is 0 Å². The van der Waals surface area contributed by atoms with E-state index in [9.17, 15) is 19.2 Å². The molecule has 3 rings (SSSR count). The largest absolute Gasteiger partial charge is 0.288 e. The minimum absolute atomic E-state index is 0.127. The summed E-state index contributed by atoms with van der Waals surface area (Å²) in [4.78, 5) is 52.6. The Bertz CT molecular complexity index is 1080. The van der Waals surface area contributed by atoms with Crippen LogP contribution in [0.3, 0.4) is 0 Å². The molecule has 1 aromatic heterocycles. The third-order valence-electron chi connectivity index (χ3n) is 4.01. The Morgan fingerprint density at radius 3 is 1.25 bits per heavy atom. The van der Waals surface area contributed by atoms with Crippen LogP contribution in [0.15, 0.2) is 66.7 Å². The molecule has 0 bridgehead atoms. The second-order valence-electron chi connectivity index (χ2n) is 6.24. The van der Waals surface area contributed by atoms with Crippen LogP contribution >= 0.6 is 23.2 Å². The van der Waals surface area contributed by atoms with Crippen molar-refractivity contribution >= 4 is 46.8 Å². The van der Waals surface area contributed by atoms with E-state index in [1.165, 1.54) is 66.7 Å². The van der Waals surface area contributed by atoms with Crippen LogP contribution in [-0.4, -0.2) is 28.6 Å². The lowest BCUT2D eigenvalue weighted by Crippen LogP contribution is -2.43. The van der Waals surface area contributed by atoms with E-state index >= 15 is 0 Å². The van der Waals surface area contributed by atoms with E-state index in [4.69, 9.17) is 23.2 Å². The molecule has 0 aliphatic rings. The number of hydrogen-bond donors (Lipinski definition) is 4. The van der Waals surface area contributed by atoms with Crippen molar-refractivity contribution in [2.24, 2.45) is 0 Å². The molecule has 4 amide bonds. The predicted octanol–water partition coefficient (Wildman–Crippen LogP) is 2.54. The average Bonchev–Trinajstić information content (AvgIpc) is 2.81. The minimum atomic E-state index is -0.743. The number of amides is 4. The van der Waals surface area contributed by atoms with Crippen molar-refractivity contribution in [1.29, 1.82) is 0 Å². The number of rotatable bonds is 4. The zero-order chi connectivity index (χ0) is 23.1. The summed E-state index contributed by atoms with van der Waals surface area (Å²) in [5, 5.41) is 0.934. The Kier molecular flexibility index (Phi) is 7.37. The fraction of sp³-hybridized carbons (Fsp3) is 0. The van der Waals surface area contributed by atoms with Crippen LogP contribution in [0.5, 0.6) is 0 Å². The molecule has 3 aromatic rings. The molecule has 0 saturated heterocycles. The Morgan fingerprint density at radius 2 is 0.875 bits per heavy atom. The highest BCUT2D eigenvalue weighted by Crippen LogP contribution is 2.10. The highest BCUT2D eigenvalue weighted by molar-refractivity contribution is 6.31. The molecule has 0 radical (unpaired) electrons. The van der Waals surface area contributed by atoms with Gasteiger partial charge < -0.3 is 0 Å². The van der Waals surface area contributed by atoms with Crippen LogP contribution in [0.2, 0.25) is 10.0 Å². The number of hydrazine groups is 2. The molecule has 0 spiro atoms. The molecular weight excluding hydrogens is 457 g/mol. The van der Waals surface area contributed by atoms with Crippen LogP contribution in [-0.2, 0) is 0 Å².